The van der Waals surface area contributed by atoms with Gasteiger partial charge in [0.15, 0.2) is 11.5 Å². The van der Waals surface area contributed by atoms with E-state index in [1.54, 1.807) is 14.2 Å². The van der Waals surface area contributed by atoms with E-state index in [4.69, 9.17) is 9.47 Å². The van der Waals surface area contributed by atoms with Gasteiger partial charge in [-0.15, -0.1) is 0 Å². The number of ether oxygens (including phenoxy) is 2. The molecule has 0 saturated heterocycles. The second kappa shape index (κ2) is 7.53. The molecule has 0 bridgehead atoms. The van der Waals surface area contributed by atoms with Crippen molar-refractivity contribution < 1.29 is 14.3 Å². The van der Waals surface area contributed by atoms with Gasteiger partial charge >= 0.3 is 6.03 Å². The van der Waals surface area contributed by atoms with Crippen molar-refractivity contribution in [3.8, 4) is 11.5 Å². The normalized spacial score (nSPS) is 10.3. The predicted molar refractivity (Wildman–Crippen MR) is 88.3 cm³/mol. The zero-order valence-electron chi connectivity index (χ0n) is 13.8. The molecule has 2 aromatic rings. The van der Waals surface area contributed by atoms with Crippen LogP contribution in [-0.2, 0) is 6.42 Å². The molecule has 0 spiro atoms. The van der Waals surface area contributed by atoms with E-state index in [-0.39, 0.29) is 6.03 Å². The average Bonchev–Trinajstić information content (AvgIpc) is 2.86. The summed E-state index contributed by atoms with van der Waals surface area (Å²) in [6.45, 7) is 4.21. The third kappa shape index (κ3) is 4.15. The Bertz CT molecular complexity index is 662. The summed E-state index contributed by atoms with van der Waals surface area (Å²) in [5.41, 5.74) is 3.36. The molecule has 0 radical (unpaired) electrons. The Balaban J connectivity index is 1.86. The zero-order valence-corrected chi connectivity index (χ0v) is 13.8. The molecule has 2 rings (SSSR count). The van der Waals surface area contributed by atoms with E-state index in [0.29, 0.717) is 30.2 Å². The number of aryl methyl sites for hydroxylation is 2. The molecule has 3 N–H and O–H groups in total. The highest BCUT2D eigenvalue weighted by molar-refractivity contribution is 5.90. The van der Waals surface area contributed by atoms with Gasteiger partial charge in [0, 0.05) is 6.54 Å². The number of nitrogens with zero attached hydrogens (tertiary/aromatic N) is 1. The third-order valence-corrected chi connectivity index (χ3v) is 3.51. The van der Waals surface area contributed by atoms with Crippen LogP contribution in [0.1, 0.15) is 17.0 Å². The highest BCUT2D eigenvalue weighted by Crippen LogP contribution is 2.27. The Kier molecular flexibility index (Phi) is 5.46. The first-order valence-electron chi connectivity index (χ1n) is 7.32. The van der Waals surface area contributed by atoms with E-state index >= 15 is 0 Å². The number of anilines is 1. The molecular formula is C16H22N4O3. The molecule has 0 unspecified atom stereocenters. The third-order valence-electron chi connectivity index (χ3n) is 3.51. The fourth-order valence-corrected chi connectivity index (χ4v) is 2.25. The maximum absolute atomic E-state index is 11.9. The molecule has 2 amide bonds. The first-order chi connectivity index (χ1) is 11.0. The minimum absolute atomic E-state index is 0.252. The molecular weight excluding hydrogens is 296 g/mol. The van der Waals surface area contributed by atoms with Gasteiger partial charge in [0.2, 0.25) is 0 Å². The maximum atomic E-state index is 11.9. The summed E-state index contributed by atoms with van der Waals surface area (Å²) >= 11 is 0. The Morgan fingerprint density at radius 1 is 1.22 bits per heavy atom. The van der Waals surface area contributed by atoms with Gasteiger partial charge in [0.25, 0.3) is 0 Å². The first kappa shape index (κ1) is 16.7. The minimum Gasteiger partial charge on any atom is -0.493 e. The van der Waals surface area contributed by atoms with Crippen molar-refractivity contribution in [3.63, 3.8) is 0 Å². The van der Waals surface area contributed by atoms with Gasteiger partial charge in [0.05, 0.1) is 31.3 Å². The lowest BCUT2D eigenvalue weighted by Crippen LogP contribution is -2.30. The SMILES string of the molecule is COc1ccc(CCNC(=O)Nc2c(C)n[nH]c2C)cc1OC. The monoisotopic (exact) mass is 318 g/mol. The van der Waals surface area contributed by atoms with E-state index in [1.165, 1.54) is 0 Å². The average molecular weight is 318 g/mol. The van der Waals surface area contributed by atoms with E-state index in [2.05, 4.69) is 20.8 Å². The fraction of sp³-hybridized carbons (Fsp3) is 0.375. The largest absolute Gasteiger partial charge is 0.493 e. The van der Waals surface area contributed by atoms with E-state index in [0.717, 1.165) is 17.0 Å². The van der Waals surface area contributed by atoms with Crippen molar-refractivity contribution in [2.45, 2.75) is 20.3 Å². The van der Waals surface area contributed by atoms with Gasteiger partial charge in [-0.1, -0.05) is 6.07 Å². The maximum Gasteiger partial charge on any atom is 0.319 e. The Labute approximate surface area is 135 Å². The highest BCUT2D eigenvalue weighted by atomic mass is 16.5. The molecule has 0 aliphatic rings. The number of carbonyl (C=O) groups is 1. The predicted octanol–water partition coefficient (Wildman–Crippen LogP) is 2.41. The van der Waals surface area contributed by atoms with Crippen LogP contribution in [0.25, 0.3) is 0 Å². The van der Waals surface area contributed by atoms with E-state index in [1.807, 2.05) is 32.0 Å². The molecule has 1 aromatic heterocycles. The number of H-pyrrole nitrogens is 1. The van der Waals surface area contributed by atoms with Crippen molar-refractivity contribution in [1.29, 1.82) is 0 Å². The van der Waals surface area contributed by atoms with Gasteiger partial charge in [-0.3, -0.25) is 5.10 Å². The Morgan fingerprint density at radius 2 is 1.96 bits per heavy atom. The van der Waals surface area contributed by atoms with Crippen LogP contribution < -0.4 is 20.1 Å². The lowest BCUT2D eigenvalue weighted by Gasteiger charge is -2.10. The fourth-order valence-electron chi connectivity index (χ4n) is 2.25. The first-order valence-corrected chi connectivity index (χ1v) is 7.32. The number of amides is 2. The van der Waals surface area contributed by atoms with Crippen LogP contribution in [0.2, 0.25) is 0 Å². The van der Waals surface area contributed by atoms with Gasteiger partial charge in [-0.2, -0.15) is 5.10 Å². The van der Waals surface area contributed by atoms with Crippen molar-refractivity contribution in [2.24, 2.45) is 0 Å². The molecule has 124 valence electrons. The molecule has 23 heavy (non-hydrogen) atoms. The second-order valence-electron chi connectivity index (χ2n) is 5.13. The number of aromatic amines is 1. The van der Waals surface area contributed by atoms with Gasteiger partial charge in [-0.25, -0.2) is 4.79 Å². The standard InChI is InChI=1S/C16H22N4O3/c1-10-15(11(2)20-19-10)18-16(21)17-8-7-12-5-6-13(22-3)14(9-12)23-4/h5-6,9H,7-8H2,1-4H3,(H,19,20)(H2,17,18,21). The van der Waals surface area contributed by atoms with Crippen LogP contribution in [0, 0.1) is 13.8 Å². The van der Waals surface area contributed by atoms with Crippen molar-refractivity contribution in [1.82, 2.24) is 15.5 Å². The van der Waals surface area contributed by atoms with Crippen molar-refractivity contribution >= 4 is 11.7 Å². The number of hydrogen-bond donors (Lipinski definition) is 3. The van der Waals surface area contributed by atoms with Gasteiger partial charge in [0.1, 0.15) is 0 Å². The zero-order chi connectivity index (χ0) is 16.8. The highest BCUT2D eigenvalue weighted by Gasteiger charge is 2.10. The summed E-state index contributed by atoms with van der Waals surface area (Å²) in [4.78, 5) is 11.9. The van der Waals surface area contributed by atoms with Crippen molar-refractivity contribution in [3.05, 3.63) is 35.2 Å². The molecule has 0 fully saturated rings. The van der Waals surface area contributed by atoms with Crippen LogP contribution in [0.4, 0.5) is 10.5 Å². The van der Waals surface area contributed by atoms with Crippen LogP contribution >= 0.6 is 0 Å². The lowest BCUT2D eigenvalue weighted by atomic mass is 10.1. The quantitative estimate of drug-likeness (QED) is 0.763. The minimum atomic E-state index is -0.252. The lowest BCUT2D eigenvalue weighted by molar-refractivity contribution is 0.252. The number of urea groups is 1. The molecule has 0 saturated carbocycles. The molecule has 0 aliphatic carbocycles. The van der Waals surface area contributed by atoms with Crippen LogP contribution in [-0.4, -0.2) is 37.0 Å². The second-order valence-corrected chi connectivity index (χ2v) is 5.13. The van der Waals surface area contributed by atoms with Gasteiger partial charge < -0.3 is 20.1 Å². The summed E-state index contributed by atoms with van der Waals surface area (Å²) in [6.07, 6.45) is 0.692. The summed E-state index contributed by atoms with van der Waals surface area (Å²) in [6, 6.07) is 5.46. The number of hydrogen-bond acceptors (Lipinski definition) is 4. The Morgan fingerprint density at radius 3 is 2.57 bits per heavy atom. The smallest absolute Gasteiger partial charge is 0.319 e. The number of aromatic nitrogens is 2. The summed E-state index contributed by atoms with van der Waals surface area (Å²) < 4.78 is 10.5. The Hall–Kier alpha value is -2.70. The van der Waals surface area contributed by atoms with E-state index in [9.17, 15) is 4.79 Å². The van der Waals surface area contributed by atoms with Gasteiger partial charge in [-0.05, 0) is 38.0 Å². The molecule has 1 heterocycles. The number of benzene rings is 1. The number of nitrogens with one attached hydrogen (secondary N) is 3. The summed E-state index contributed by atoms with van der Waals surface area (Å²) in [5, 5.41) is 12.5. The van der Waals surface area contributed by atoms with Crippen LogP contribution in [0.15, 0.2) is 18.2 Å². The molecule has 0 atom stereocenters. The van der Waals surface area contributed by atoms with Crippen LogP contribution in [0.5, 0.6) is 11.5 Å². The van der Waals surface area contributed by atoms with Crippen LogP contribution in [0.3, 0.4) is 0 Å². The van der Waals surface area contributed by atoms with Crippen molar-refractivity contribution in [2.75, 3.05) is 26.1 Å². The topological polar surface area (TPSA) is 88.3 Å². The molecule has 1 aromatic carbocycles. The number of rotatable bonds is 6. The number of carbonyl (C=O) groups excluding carboxylic acids is 1. The molecule has 0 aliphatic heterocycles. The summed E-state index contributed by atoms with van der Waals surface area (Å²) in [7, 11) is 3.20. The molecule has 7 heteroatoms. The number of methoxy groups -OCH3 is 2. The molecule has 7 nitrogen and oxygen atoms in total. The summed E-state index contributed by atoms with van der Waals surface area (Å²) in [5.74, 6) is 1.37. The van der Waals surface area contributed by atoms with E-state index < -0.39 is 0 Å².